The summed E-state index contributed by atoms with van der Waals surface area (Å²) in [6.45, 7) is 8.12. The van der Waals surface area contributed by atoms with E-state index in [-0.39, 0.29) is 11.7 Å². The molecule has 0 aromatic heterocycles. The van der Waals surface area contributed by atoms with Crippen molar-refractivity contribution in [2.24, 2.45) is 0 Å². The van der Waals surface area contributed by atoms with Gasteiger partial charge in [-0.15, -0.1) is 0 Å². The van der Waals surface area contributed by atoms with Crippen molar-refractivity contribution in [2.75, 3.05) is 25.0 Å². The number of carbonyl (C=O) groups is 1. The van der Waals surface area contributed by atoms with E-state index in [1.54, 1.807) is 6.07 Å². The van der Waals surface area contributed by atoms with E-state index in [0.29, 0.717) is 24.3 Å². The highest BCUT2D eigenvalue weighted by Crippen LogP contribution is 2.16. The lowest BCUT2D eigenvalue weighted by Gasteiger charge is -2.36. The van der Waals surface area contributed by atoms with Gasteiger partial charge < -0.3 is 10.6 Å². The lowest BCUT2D eigenvalue weighted by Crippen LogP contribution is -2.55. The molecule has 1 aliphatic rings. The SMILES string of the molecule is Cc1ccc(F)cc1NC(=O)CN1CC(C)NCC1C. The van der Waals surface area contributed by atoms with Crippen LogP contribution in [0.1, 0.15) is 19.4 Å². The van der Waals surface area contributed by atoms with Crippen LogP contribution in [0.2, 0.25) is 0 Å². The molecule has 110 valence electrons. The number of amides is 1. The normalized spacial score (nSPS) is 23.6. The Morgan fingerprint density at radius 2 is 2.25 bits per heavy atom. The zero-order chi connectivity index (χ0) is 14.7. The van der Waals surface area contributed by atoms with Gasteiger partial charge in [0.25, 0.3) is 0 Å². The number of nitrogens with zero attached hydrogens (tertiary/aromatic N) is 1. The molecule has 20 heavy (non-hydrogen) atoms. The Labute approximate surface area is 119 Å². The Balaban J connectivity index is 1.96. The highest BCUT2D eigenvalue weighted by molar-refractivity contribution is 5.93. The van der Waals surface area contributed by atoms with Crippen molar-refractivity contribution >= 4 is 11.6 Å². The molecule has 1 aromatic rings. The summed E-state index contributed by atoms with van der Waals surface area (Å²) >= 11 is 0. The van der Waals surface area contributed by atoms with Crippen LogP contribution in [-0.2, 0) is 4.79 Å². The predicted octanol–water partition coefficient (Wildman–Crippen LogP) is 1.75. The van der Waals surface area contributed by atoms with Crippen LogP contribution < -0.4 is 10.6 Å². The molecule has 2 N–H and O–H groups in total. The molecule has 0 radical (unpaired) electrons. The van der Waals surface area contributed by atoms with Gasteiger partial charge in [-0.25, -0.2) is 4.39 Å². The van der Waals surface area contributed by atoms with E-state index in [1.807, 2.05) is 6.92 Å². The van der Waals surface area contributed by atoms with E-state index in [2.05, 4.69) is 29.4 Å². The van der Waals surface area contributed by atoms with Crippen LogP contribution in [-0.4, -0.2) is 42.5 Å². The van der Waals surface area contributed by atoms with Crippen molar-refractivity contribution in [2.45, 2.75) is 32.9 Å². The molecule has 2 rings (SSSR count). The second-order valence-corrected chi connectivity index (χ2v) is 5.60. The van der Waals surface area contributed by atoms with Crippen LogP contribution in [0.15, 0.2) is 18.2 Å². The van der Waals surface area contributed by atoms with E-state index in [4.69, 9.17) is 0 Å². The average molecular weight is 279 g/mol. The number of benzene rings is 1. The standard InChI is InChI=1S/C15H22FN3O/c1-10-4-5-13(16)6-14(10)18-15(20)9-19-8-11(2)17-7-12(19)3/h4-6,11-12,17H,7-9H2,1-3H3,(H,18,20). The summed E-state index contributed by atoms with van der Waals surface area (Å²) in [4.78, 5) is 14.2. The van der Waals surface area contributed by atoms with Crippen LogP contribution in [0, 0.1) is 12.7 Å². The quantitative estimate of drug-likeness (QED) is 0.886. The summed E-state index contributed by atoms with van der Waals surface area (Å²) in [6.07, 6.45) is 0. The fourth-order valence-electron chi connectivity index (χ4n) is 2.42. The summed E-state index contributed by atoms with van der Waals surface area (Å²) in [6, 6.07) is 5.13. The first-order valence-corrected chi connectivity index (χ1v) is 6.99. The van der Waals surface area contributed by atoms with Crippen molar-refractivity contribution in [1.82, 2.24) is 10.2 Å². The molecule has 1 amide bonds. The number of anilines is 1. The largest absolute Gasteiger partial charge is 0.325 e. The Hall–Kier alpha value is -1.46. The fourth-order valence-corrected chi connectivity index (χ4v) is 2.42. The number of aryl methyl sites for hydroxylation is 1. The maximum atomic E-state index is 13.2. The van der Waals surface area contributed by atoms with Crippen molar-refractivity contribution < 1.29 is 9.18 Å². The van der Waals surface area contributed by atoms with Crippen LogP contribution in [0.25, 0.3) is 0 Å². The Bertz CT molecular complexity index is 492. The first-order valence-electron chi connectivity index (χ1n) is 6.99. The Kier molecular flexibility index (Phi) is 4.73. The third-order valence-corrected chi connectivity index (χ3v) is 3.71. The lowest BCUT2D eigenvalue weighted by atomic mass is 10.1. The first-order chi connectivity index (χ1) is 9.45. The highest BCUT2D eigenvalue weighted by Gasteiger charge is 2.24. The van der Waals surface area contributed by atoms with Crippen molar-refractivity contribution in [1.29, 1.82) is 0 Å². The minimum atomic E-state index is -0.338. The summed E-state index contributed by atoms with van der Waals surface area (Å²) in [5.74, 6) is -0.435. The molecular formula is C15H22FN3O. The van der Waals surface area contributed by atoms with Crippen LogP contribution in [0.4, 0.5) is 10.1 Å². The highest BCUT2D eigenvalue weighted by atomic mass is 19.1. The zero-order valence-electron chi connectivity index (χ0n) is 12.2. The van der Waals surface area contributed by atoms with Gasteiger partial charge in [0.2, 0.25) is 5.91 Å². The van der Waals surface area contributed by atoms with Gasteiger partial charge in [-0.2, -0.15) is 0 Å². The van der Waals surface area contributed by atoms with Gasteiger partial charge in [-0.05, 0) is 38.5 Å². The minimum absolute atomic E-state index is 0.0975. The molecule has 0 spiro atoms. The molecule has 0 saturated carbocycles. The van der Waals surface area contributed by atoms with Gasteiger partial charge in [0.1, 0.15) is 5.82 Å². The molecule has 4 nitrogen and oxygen atoms in total. The van der Waals surface area contributed by atoms with E-state index in [1.165, 1.54) is 12.1 Å². The van der Waals surface area contributed by atoms with Gasteiger partial charge in [0, 0.05) is 30.9 Å². The third kappa shape index (κ3) is 3.77. The summed E-state index contributed by atoms with van der Waals surface area (Å²) in [5.41, 5.74) is 1.41. The molecule has 0 aliphatic carbocycles. The van der Waals surface area contributed by atoms with E-state index < -0.39 is 0 Å². The fraction of sp³-hybridized carbons (Fsp3) is 0.533. The van der Waals surface area contributed by atoms with Crippen molar-refractivity contribution in [3.63, 3.8) is 0 Å². The van der Waals surface area contributed by atoms with E-state index in [9.17, 15) is 9.18 Å². The number of hydrogen-bond donors (Lipinski definition) is 2. The van der Waals surface area contributed by atoms with Gasteiger partial charge >= 0.3 is 0 Å². The van der Waals surface area contributed by atoms with Crippen LogP contribution in [0.3, 0.4) is 0 Å². The number of piperazine rings is 1. The van der Waals surface area contributed by atoms with Gasteiger partial charge in [0.15, 0.2) is 0 Å². The monoisotopic (exact) mass is 279 g/mol. The molecule has 5 heteroatoms. The van der Waals surface area contributed by atoms with Gasteiger partial charge in [-0.3, -0.25) is 9.69 Å². The third-order valence-electron chi connectivity index (χ3n) is 3.71. The molecule has 0 bridgehead atoms. The average Bonchev–Trinajstić information content (AvgIpc) is 2.38. The Morgan fingerprint density at radius 1 is 1.50 bits per heavy atom. The van der Waals surface area contributed by atoms with Crippen LogP contribution in [0.5, 0.6) is 0 Å². The zero-order valence-corrected chi connectivity index (χ0v) is 12.2. The topological polar surface area (TPSA) is 44.4 Å². The first kappa shape index (κ1) is 14.9. The number of hydrogen-bond acceptors (Lipinski definition) is 3. The molecule has 2 unspecified atom stereocenters. The number of rotatable bonds is 3. The molecule has 1 heterocycles. The molecule has 1 aliphatic heterocycles. The van der Waals surface area contributed by atoms with Crippen molar-refractivity contribution in [3.05, 3.63) is 29.6 Å². The van der Waals surface area contributed by atoms with Gasteiger partial charge in [-0.1, -0.05) is 6.07 Å². The maximum absolute atomic E-state index is 13.2. The van der Waals surface area contributed by atoms with Crippen molar-refractivity contribution in [3.8, 4) is 0 Å². The summed E-state index contributed by atoms with van der Waals surface area (Å²) < 4.78 is 13.2. The molecular weight excluding hydrogens is 257 g/mol. The van der Waals surface area contributed by atoms with E-state index >= 15 is 0 Å². The second kappa shape index (κ2) is 6.33. The molecule has 1 saturated heterocycles. The molecule has 1 fully saturated rings. The number of carbonyl (C=O) groups excluding carboxylic acids is 1. The predicted molar refractivity (Wildman–Crippen MR) is 78.3 cm³/mol. The second-order valence-electron chi connectivity index (χ2n) is 5.60. The summed E-state index contributed by atoms with van der Waals surface area (Å²) in [7, 11) is 0. The van der Waals surface area contributed by atoms with Crippen LogP contribution >= 0.6 is 0 Å². The number of nitrogens with one attached hydrogen (secondary N) is 2. The lowest BCUT2D eigenvalue weighted by molar-refractivity contribution is -0.118. The summed E-state index contributed by atoms with van der Waals surface area (Å²) in [5, 5.41) is 6.17. The smallest absolute Gasteiger partial charge is 0.238 e. The molecule has 2 atom stereocenters. The Morgan fingerprint density at radius 3 is 3.00 bits per heavy atom. The van der Waals surface area contributed by atoms with E-state index in [0.717, 1.165) is 18.7 Å². The number of halogens is 1. The molecule has 1 aromatic carbocycles. The minimum Gasteiger partial charge on any atom is -0.325 e. The van der Waals surface area contributed by atoms with Gasteiger partial charge in [0.05, 0.1) is 6.54 Å². The maximum Gasteiger partial charge on any atom is 0.238 e.